The summed E-state index contributed by atoms with van der Waals surface area (Å²) in [6.45, 7) is 5.70. The molecule has 3 aromatic carbocycles. The lowest BCUT2D eigenvalue weighted by Crippen LogP contribution is -2.30. The van der Waals surface area contributed by atoms with Crippen LogP contribution < -0.4 is 14.9 Å². The molecule has 9 nitrogen and oxygen atoms in total. The molecule has 0 aliphatic rings. The van der Waals surface area contributed by atoms with Crippen LogP contribution in [0.5, 0.6) is 0 Å². The number of anilines is 3. The highest BCUT2D eigenvalue weighted by Crippen LogP contribution is 2.31. The van der Waals surface area contributed by atoms with Crippen molar-refractivity contribution in [3.05, 3.63) is 88.5 Å². The number of amides is 1. The van der Waals surface area contributed by atoms with Gasteiger partial charge in [0, 0.05) is 30.8 Å². The number of benzene rings is 3. The zero-order chi connectivity index (χ0) is 25.6. The lowest BCUT2D eigenvalue weighted by atomic mass is 10.1. The van der Waals surface area contributed by atoms with Gasteiger partial charge in [-0.15, -0.1) is 0 Å². The van der Waals surface area contributed by atoms with Gasteiger partial charge in [-0.2, -0.15) is 0 Å². The van der Waals surface area contributed by atoms with Crippen LogP contribution >= 0.6 is 0 Å². The van der Waals surface area contributed by atoms with Gasteiger partial charge in [0.05, 0.1) is 15.5 Å². The molecule has 3 aromatic rings. The van der Waals surface area contributed by atoms with Gasteiger partial charge in [-0.25, -0.2) is 8.42 Å². The van der Waals surface area contributed by atoms with Crippen molar-refractivity contribution in [2.75, 3.05) is 21.5 Å². The van der Waals surface area contributed by atoms with Crippen molar-refractivity contribution in [2.24, 2.45) is 5.92 Å². The molecular formula is C25H28N4O5S. The lowest BCUT2D eigenvalue weighted by Gasteiger charge is -2.23. The molecule has 0 saturated carbocycles. The Hall–Kier alpha value is -3.92. The third-order valence-corrected chi connectivity index (χ3v) is 7.19. The van der Waals surface area contributed by atoms with Crippen LogP contribution in [0.15, 0.2) is 77.7 Å². The molecule has 1 amide bonds. The van der Waals surface area contributed by atoms with Crippen molar-refractivity contribution in [3.8, 4) is 0 Å². The van der Waals surface area contributed by atoms with Crippen LogP contribution in [-0.2, 0) is 21.4 Å². The van der Waals surface area contributed by atoms with Gasteiger partial charge in [0.15, 0.2) is 0 Å². The minimum Gasteiger partial charge on any atom is -0.375 e. The number of hydrogen-bond donors (Lipinski definition) is 2. The van der Waals surface area contributed by atoms with Crippen molar-refractivity contribution in [3.63, 3.8) is 0 Å². The molecule has 0 atom stereocenters. The Labute approximate surface area is 205 Å². The van der Waals surface area contributed by atoms with E-state index in [4.69, 9.17) is 0 Å². The maximum absolute atomic E-state index is 13.3. The molecule has 0 unspecified atom stereocenters. The van der Waals surface area contributed by atoms with Gasteiger partial charge in [0.25, 0.3) is 15.7 Å². The number of hydrogen-bond acceptors (Lipinski definition) is 6. The normalized spacial score (nSPS) is 11.2. The second-order valence-electron chi connectivity index (χ2n) is 8.14. The molecule has 184 valence electrons. The minimum atomic E-state index is -4.01. The van der Waals surface area contributed by atoms with Crippen LogP contribution in [0.1, 0.15) is 26.3 Å². The molecule has 0 heterocycles. The predicted octanol–water partition coefficient (Wildman–Crippen LogP) is 5.02. The van der Waals surface area contributed by atoms with Crippen molar-refractivity contribution in [1.29, 1.82) is 0 Å². The second kappa shape index (κ2) is 11.0. The van der Waals surface area contributed by atoms with Crippen LogP contribution in [0, 0.1) is 16.0 Å². The first kappa shape index (κ1) is 25.7. The van der Waals surface area contributed by atoms with Crippen LogP contribution in [0.4, 0.5) is 22.7 Å². The van der Waals surface area contributed by atoms with E-state index in [1.54, 1.807) is 69.3 Å². The summed E-state index contributed by atoms with van der Waals surface area (Å²) >= 11 is 0. The average molecular weight is 497 g/mol. The molecule has 0 aromatic heterocycles. The number of nitrogens with one attached hydrogen (secondary N) is 2. The van der Waals surface area contributed by atoms with Crippen molar-refractivity contribution in [2.45, 2.75) is 32.2 Å². The summed E-state index contributed by atoms with van der Waals surface area (Å²) in [6, 6.07) is 19.5. The fourth-order valence-electron chi connectivity index (χ4n) is 3.43. The van der Waals surface area contributed by atoms with E-state index in [1.807, 2.05) is 6.07 Å². The van der Waals surface area contributed by atoms with E-state index < -0.39 is 14.9 Å². The smallest absolute Gasteiger partial charge is 0.293 e. The first-order valence-corrected chi connectivity index (χ1v) is 12.6. The standard InChI is InChI=1S/C25H28N4O5S/c1-4-28(21-11-6-5-7-12-21)35(33,34)22-13-14-23(24(16-22)29(31)32)26-17-19-9-8-10-20(15-19)27-25(30)18(2)3/h5-16,18,26H,4,17H2,1-3H3,(H,27,30). The first-order valence-electron chi connectivity index (χ1n) is 11.1. The van der Waals surface area contributed by atoms with E-state index in [-0.39, 0.29) is 41.2 Å². The molecular weight excluding hydrogens is 468 g/mol. The van der Waals surface area contributed by atoms with Crippen molar-refractivity contribution >= 4 is 38.7 Å². The summed E-state index contributed by atoms with van der Waals surface area (Å²) in [5.41, 5.74) is 1.73. The number of sulfonamides is 1. The Bertz CT molecular complexity index is 1310. The van der Waals surface area contributed by atoms with E-state index >= 15 is 0 Å². The predicted molar refractivity (Wildman–Crippen MR) is 137 cm³/mol. The molecule has 0 aliphatic carbocycles. The average Bonchev–Trinajstić information content (AvgIpc) is 2.83. The summed E-state index contributed by atoms with van der Waals surface area (Å²) in [5.74, 6) is -0.279. The number of carbonyl (C=O) groups excluding carboxylic acids is 1. The van der Waals surface area contributed by atoms with Crippen LogP contribution in [0.3, 0.4) is 0 Å². The molecule has 0 aliphatic heterocycles. The van der Waals surface area contributed by atoms with E-state index in [0.29, 0.717) is 11.4 Å². The Morgan fingerprint density at radius 3 is 2.37 bits per heavy atom. The summed E-state index contributed by atoms with van der Waals surface area (Å²) in [7, 11) is -4.01. The van der Waals surface area contributed by atoms with Crippen molar-refractivity contribution < 1.29 is 18.1 Å². The number of rotatable bonds is 10. The number of carbonyl (C=O) groups is 1. The van der Waals surface area contributed by atoms with Gasteiger partial charge in [-0.1, -0.05) is 44.2 Å². The summed E-state index contributed by atoms with van der Waals surface area (Å²) in [5, 5.41) is 17.6. The number of nitrogens with zero attached hydrogens (tertiary/aromatic N) is 2. The molecule has 0 fully saturated rings. The van der Waals surface area contributed by atoms with Gasteiger partial charge < -0.3 is 10.6 Å². The van der Waals surface area contributed by atoms with E-state index in [9.17, 15) is 23.3 Å². The SMILES string of the molecule is CCN(c1ccccc1)S(=O)(=O)c1ccc(NCc2cccc(NC(=O)C(C)C)c2)c([N+](=O)[O-])c1. The van der Waals surface area contributed by atoms with Gasteiger partial charge in [0.1, 0.15) is 5.69 Å². The van der Waals surface area contributed by atoms with Gasteiger partial charge >= 0.3 is 0 Å². The Morgan fingerprint density at radius 1 is 1.03 bits per heavy atom. The third-order valence-electron chi connectivity index (χ3n) is 5.29. The second-order valence-corrected chi connectivity index (χ2v) is 10.0. The Morgan fingerprint density at radius 2 is 1.74 bits per heavy atom. The number of nitro groups is 1. The maximum atomic E-state index is 13.3. The molecule has 0 saturated heterocycles. The van der Waals surface area contributed by atoms with Crippen LogP contribution in [0.2, 0.25) is 0 Å². The molecule has 10 heteroatoms. The molecule has 35 heavy (non-hydrogen) atoms. The maximum Gasteiger partial charge on any atom is 0.293 e. The van der Waals surface area contributed by atoms with Crippen molar-refractivity contribution in [1.82, 2.24) is 0 Å². The van der Waals surface area contributed by atoms with Gasteiger partial charge in [-0.3, -0.25) is 19.2 Å². The first-order chi connectivity index (χ1) is 16.6. The quantitative estimate of drug-likeness (QED) is 0.300. The Kier molecular flexibility index (Phi) is 8.08. The highest BCUT2D eigenvalue weighted by Gasteiger charge is 2.27. The molecule has 0 spiro atoms. The summed E-state index contributed by atoms with van der Waals surface area (Å²) in [4.78, 5) is 22.9. The number of nitro benzene ring substituents is 1. The van der Waals surface area contributed by atoms with Crippen LogP contribution in [0.25, 0.3) is 0 Å². The van der Waals surface area contributed by atoms with E-state index in [1.165, 1.54) is 16.4 Å². The van der Waals surface area contributed by atoms with Crippen LogP contribution in [-0.4, -0.2) is 25.8 Å². The summed E-state index contributed by atoms with van der Waals surface area (Å²) < 4.78 is 27.7. The highest BCUT2D eigenvalue weighted by molar-refractivity contribution is 7.92. The van der Waals surface area contributed by atoms with Gasteiger partial charge in [-0.05, 0) is 48.9 Å². The fraction of sp³-hybridized carbons (Fsp3) is 0.240. The molecule has 0 radical (unpaired) electrons. The largest absolute Gasteiger partial charge is 0.375 e. The molecule has 3 rings (SSSR count). The highest BCUT2D eigenvalue weighted by atomic mass is 32.2. The lowest BCUT2D eigenvalue weighted by molar-refractivity contribution is -0.384. The monoisotopic (exact) mass is 496 g/mol. The third kappa shape index (κ3) is 6.15. The molecule has 2 N–H and O–H groups in total. The van der Waals surface area contributed by atoms with E-state index in [0.717, 1.165) is 11.6 Å². The van der Waals surface area contributed by atoms with Gasteiger partial charge in [0.2, 0.25) is 5.91 Å². The zero-order valence-electron chi connectivity index (χ0n) is 19.8. The fourth-order valence-corrected chi connectivity index (χ4v) is 4.92. The minimum absolute atomic E-state index is 0.112. The Balaban J connectivity index is 1.84. The molecule has 0 bridgehead atoms. The summed E-state index contributed by atoms with van der Waals surface area (Å²) in [6.07, 6.45) is 0. The number of para-hydroxylation sites is 1. The topological polar surface area (TPSA) is 122 Å². The van der Waals surface area contributed by atoms with E-state index in [2.05, 4.69) is 10.6 Å². The zero-order valence-corrected chi connectivity index (χ0v) is 20.6.